The Bertz CT molecular complexity index is 527. The zero-order valence-corrected chi connectivity index (χ0v) is 11.0. The van der Waals surface area contributed by atoms with Crippen LogP contribution in [0.3, 0.4) is 0 Å². The van der Waals surface area contributed by atoms with Gasteiger partial charge < -0.3 is 9.84 Å². The molecule has 0 spiro atoms. The summed E-state index contributed by atoms with van der Waals surface area (Å²) in [6, 6.07) is 6.78. The van der Waals surface area contributed by atoms with Gasteiger partial charge in [-0.05, 0) is 25.0 Å². The number of aryl methyl sites for hydroxylation is 1. The molecular formula is C15H16O4. The van der Waals surface area contributed by atoms with E-state index in [9.17, 15) is 14.7 Å². The van der Waals surface area contributed by atoms with Crippen LogP contribution in [0.1, 0.15) is 24.5 Å². The van der Waals surface area contributed by atoms with E-state index in [0.717, 1.165) is 0 Å². The lowest BCUT2D eigenvalue weighted by molar-refractivity contribution is -0.161. The first-order valence-corrected chi connectivity index (χ1v) is 5.90. The molecule has 4 nitrogen and oxygen atoms in total. The van der Waals surface area contributed by atoms with Crippen LogP contribution in [0.2, 0.25) is 0 Å². The van der Waals surface area contributed by atoms with E-state index in [1.54, 1.807) is 38.1 Å². The van der Waals surface area contributed by atoms with Crippen molar-refractivity contribution in [3.8, 4) is 12.3 Å². The molecule has 0 amide bonds. The smallest absolute Gasteiger partial charge is 0.329 e. The fraction of sp³-hybridized carbons (Fsp3) is 0.333. The number of carbonyl (C=O) groups is 2. The first kappa shape index (κ1) is 14.8. The maximum Gasteiger partial charge on any atom is 0.329 e. The number of rotatable bonds is 5. The van der Waals surface area contributed by atoms with Gasteiger partial charge in [0, 0.05) is 6.42 Å². The number of benzene rings is 1. The first-order valence-electron chi connectivity index (χ1n) is 5.90. The van der Waals surface area contributed by atoms with E-state index < -0.39 is 17.4 Å². The van der Waals surface area contributed by atoms with E-state index >= 15 is 0 Å². The zero-order valence-electron chi connectivity index (χ0n) is 11.0. The van der Waals surface area contributed by atoms with Crippen molar-refractivity contribution in [2.75, 3.05) is 6.61 Å². The molecular weight excluding hydrogens is 244 g/mol. The molecule has 19 heavy (non-hydrogen) atoms. The van der Waals surface area contributed by atoms with E-state index in [0.29, 0.717) is 11.1 Å². The summed E-state index contributed by atoms with van der Waals surface area (Å²) in [7, 11) is 0. The van der Waals surface area contributed by atoms with Crippen LogP contribution in [0.5, 0.6) is 0 Å². The predicted octanol–water partition coefficient (Wildman–Crippen LogP) is 1.90. The van der Waals surface area contributed by atoms with Crippen LogP contribution < -0.4 is 0 Å². The highest BCUT2D eigenvalue weighted by Crippen LogP contribution is 2.32. The highest BCUT2D eigenvalue weighted by atomic mass is 16.5. The minimum absolute atomic E-state index is 0.102. The van der Waals surface area contributed by atoms with Gasteiger partial charge in [0.05, 0.1) is 6.61 Å². The average Bonchev–Trinajstić information content (AvgIpc) is 2.36. The van der Waals surface area contributed by atoms with Gasteiger partial charge in [0.2, 0.25) is 5.41 Å². The topological polar surface area (TPSA) is 63.6 Å². The Morgan fingerprint density at radius 3 is 2.53 bits per heavy atom. The average molecular weight is 260 g/mol. The lowest BCUT2D eigenvalue weighted by Gasteiger charge is -2.27. The second-order valence-electron chi connectivity index (χ2n) is 4.13. The molecule has 0 saturated heterocycles. The molecule has 0 bridgehead atoms. The van der Waals surface area contributed by atoms with Crippen molar-refractivity contribution < 1.29 is 19.4 Å². The van der Waals surface area contributed by atoms with Gasteiger partial charge in [-0.1, -0.05) is 24.3 Å². The summed E-state index contributed by atoms with van der Waals surface area (Å²) in [6.45, 7) is 3.46. The second kappa shape index (κ2) is 6.05. The van der Waals surface area contributed by atoms with Crippen LogP contribution >= 0.6 is 0 Å². The van der Waals surface area contributed by atoms with Crippen molar-refractivity contribution in [3.63, 3.8) is 0 Å². The second-order valence-corrected chi connectivity index (χ2v) is 4.13. The molecule has 0 aliphatic heterocycles. The number of hydrogen-bond donors (Lipinski definition) is 1. The largest absolute Gasteiger partial charge is 0.480 e. The number of carboxylic acids is 1. The van der Waals surface area contributed by atoms with Crippen molar-refractivity contribution in [2.24, 2.45) is 0 Å². The summed E-state index contributed by atoms with van der Waals surface area (Å²) in [5.74, 6) is 0.156. The van der Waals surface area contributed by atoms with Gasteiger partial charge in [-0.15, -0.1) is 12.3 Å². The number of carbonyl (C=O) groups excluding carboxylic acids is 1. The number of hydrogen-bond acceptors (Lipinski definition) is 3. The van der Waals surface area contributed by atoms with Crippen molar-refractivity contribution >= 4 is 11.9 Å². The molecule has 1 N–H and O–H groups in total. The minimum atomic E-state index is -1.84. The molecule has 1 atom stereocenters. The molecule has 0 heterocycles. The number of ether oxygens (including phenoxy) is 1. The molecule has 1 rings (SSSR count). The summed E-state index contributed by atoms with van der Waals surface area (Å²) in [4.78, 5) is 23.8. The molecule has 1 unspecified atom stereocenters. The standard InChI is InChI=1S/C15H16O4/c1-4-10-15(13(16)17,14(18)19-5-2)12-9-7-6-8-11(12)3/h1,6-9H,5,10H2,2-3H3,(H,16,17). The number of carboxylic acid groups (broad SMARTS) is 1. The highest BCUT2D eigenvalue weighted by molar-refractivity contribution is 6.06. The minimum Gasteiger partial charge on any atom is -0.480 e. The first-order chi connectivity index (χ1) is 9.00. The van der Waals surface area contributed by atoms with Crippen LogP contribution in [0.25, 0.3) is 0 Å². The van der Waals surface area contributed by atoms with Crippen LogP contribution in [-0.4, -0.2) is 23.7 Å². The molecule has 0 aliphatic rings. The molecule has 100 valence electrons. The van der Waals surface area contributed by atoms with Crippen LogP contribution in [0.4, 0.5) is 0 Å². The lowest BCUT2D eigenvalue weighted by atomic mass is 9.76. The molecule has 1 aromatic carbocycles. The van der Waals surface area contributed by atoms with Crippen LogP contribution in [0.15, 0.2) is 24.3 Å². The molecule has 0 radical (unpaired) electrons. The Morgan fingerprint density at radius 1 is 1.42 bits per heavy atom. The van der Waals surface area contributed by atoms with Crippen molar-refractivity contribution in [3.05, 3.63) is 35.4 Å². The van der Waals surface area contributed by atoms with Crippen molar-refractivity contribution in [1.29, 1.82) is 0 Å². The van der Waals surface area contributed by atoms with Crippen molar-refractivity contribution in [2.45, 2.75) is 25.7 Å². The predicted molar refractivity (Wildman–Crippen MR) is 70.6 cm³/mol. The number of esters is 1. The van der Waals surface area contributed by atoms with Gasteiger partial charge in [-0.3, -0.25) is 9.59 Å². The Hall–Kier alpha value is -2.28. The molecule has 0 saturated carbocycles. The van der Waals surface area contributed by atoms with Gasteiger partial charge in [0.25, 0.3) is 0 Å². The van der Waals surface area contributed by atoms with E-state index in [2.05, 4.69) is 5.92 Å². The summed E-state index contributed by atoms with van der Waals surface area (Å²) >= 11 is 0. The fourth-order valence-corrected chi connectivity index (χ4v) is 2.01. The maximum atomic E-state index is 12.2. The molecule has 0 aliphatic carbocycles. The Morgan fingerprint density at radius 2 is 2.05 bits per heavy atom. The zero-order chi connectivity index (χ0) is 14.5. The van der Waals surface area contributed by atoms with Crippen LogP contribution in [0, 0.1) is 19.3 Å². The normalized spacial score (nSPS) is 13.1. The summed E-state index contributed by atoms with van der Waals surface area (Å²) in [5, 5.41) is 9.53. The molecule has 0 fully saturated rings. The van der Waals surface area contributed by atoms with Gasteiger partial charge in [0.15, 0.2) is 0 Å². The monoisotopic (exact) mass is 260 g/mol. The van der Waals surface area contributed by atoms with Gasteiger partial charge in [-0.25, -0.2) is 0 Å². The molecule has 1 aromatic rings. The Balaban J connectivity index is 3.50. The van der Waals surface area contributed by atoms with Gasteiger partial charge in [-0.2, -0.15) is 0 Å². The van der Waals surface area contributed by atoms with E-state index in [-0.39, 0.29) is 13.0 Å². The molecule has 4 heteroatoms. The van der Waals surface area contributed by atoms with E-state index in [4.69, 9.17) is 11.2 Å². The lowest BCUT2D eigenvalue weighted by Crippen LogP contribution is -2.45. The van der Waals surface area contributed by atoms with Crippen LogP contribution in [-0.2, 0) is 19.7 Å². The van der Waals surface area contributed by atoms with Crippen molar-refractivity contribution in [1.82, 2.24) is 0 Å². The Kier molecular flexibility index (Phi) is 4.71. The van der Waals surface area contributed by atoms with Gasteiger partial charge in [0.1, 0.15) is 0 Å². The Labute approximate surface area is 112 Å². The third-order valence-corrected chi connectivity index (χ3v) is 2.96. The SMILES string of the molecule is C#CCC(C(=O)O)(C(=O)OCC)c1ccccc1C. The maximum absolute atomic E-state index is 12.2. The summed E-state index contributed by atoms with van der Waals surface area (Å²) < 4.78 is 4.92. The quantitative estimate of drug-likeness (QED) is 0.499. The highest BCUT2D eigenvalue weighted by Gasteiger charge is 2.49. The summed E-state index contributed by atoms with van der Waals surface area (Å²) in [5.41, 5.74) is -0.775. The fourth-order valence-electron chi connectivity index (χ4n) is 2.01. The number of terminal acetylenes is 1. The third-order valence-electron chi connectivity index (χ3n) is 2.96. The van der Waals surface area contributed by atoms with E-state index in [1.807, 2.05) is 0 Å². The van der Waals surface area contributed by atoms with E-state index in [1.165, 1.54) is 0 Å². The third kappa shape index (κ3) is 2.60. The molecule has 0 aromatic heterocycles. The van der Waals surface area contributed by atoms with Gasteiger partial charge >= 0.3 is 11.9 Å². The number of aliphatic carboxylic acids is 1. The summed E-state index contributed by atoms with van der Waals surface area (Å²) in [6.07, 6.45) is 5.01.